The van der Waals surface area contributed by atoms with Gasteiger partial charge < -0.3 is 5.32 Å². The van der Waals surface area contributed by atoms with Crippen molar-refractivity contribution in [1.82, 2.24) is 0 Å². The van der Waals surface area contributed by atoms with Gasteiger partial charge in [0.2, 0.25) is 0 Å². The van der Waals surface area contributed by atoms with Crippen LogP contribution in [0, 0.1) is 11.7 Å². The van der Waals surface area contributed by atoms with Crippen molar-refractivity contribution in [2.75, 3.05) is 5.32 Å². The fraction of sp³-hybridized carbons (Fsp3) is 0.500. The zero-order chi connectivity index (χ0) is 10.8. The van der Waals surface area contributed by atoms with Gasteiger partial charge in [0.05, 0.1) is 5.69 Å². The number of hydrogen-bond donors (Lipinski definition) is 1. The van der Waals surface area contributed by atoms with Crippen molar-refractivity contribution in [2.45, 2.75) is 32.2 Å². The summed E-state index contributed by atoms with van der Waals surface area (Å²) in [5, 5.41) is 3.29. The maximum absolute atomic E-state index is 13.5. The molecule has 1 aromatic rings. The molecule has 2 unspecified atom stereocenters. The van der Waals surface area contributed by atoms with Crippen molar-refractivity contribution in [3.8, 4) is 0 Å². The van der Waals surface area contributed by atoms with E-state index in [9.17, 15) is 4.39 Å². The van der Waals surface area contributed by atoms with Gasteiger partial charge in [0.15, 0.2) is 0 Å². The Hall–Kier alpha value is -0.570. The molecule has 0 amide bonds. The Kier molecular flexibility index (Phi) is 3.29. The number of hydrogen-bond acceptors (Lipinski definition) is 1. The van der Waals surface area contributed by atoms with Crippen LogP contribution >= 0.6 is 15.9 Å². The molecule has 15 heavy (non-hydrogen) atoms. The Bertz CT molecular complexity index is 353. The van der Waals surface area contributed by atoms with Crippen molar-refractivity contribution >= 4 is 21.6 Å². The van der Waals surface area contributed by atoms with Crippen LogP contribution in [0.2, 0.25) is 0 Å². The van der Waals surface area contributed by atoms with E-state index in [1.807, 2.05) is 6.07 Å². The molecule has 1 fully saturated rings. The first kappa shape index (κ1) is 10.9. The third kappa shape index (κ3) is 2.51. The lowest BCUT2D eigenvalue weighted by Gasteiger charge is -2.19. The maximum Gasteiger partial charge on any atom is 0.147 e. The molecule has 1 N–H and O–H groups in total. The number of anilines is 1. The fourth-order valence-electron chi connectivity index (χ4n) is 2.17. The minimum absolute atomic E-state index is 0.177. The average Bonchev–Trinajstić information content (AvgIpc) is 2.57. The summed E-state index contributed by atoms with van der Waals surface area (Å²) in [6.45, 7) is 2.22. The molecule has 1 nitrogen and oxygen atoms in total. The average molecular weight is 272 g/mol. The molecule has 0 saturated heterocycles. The van der Waals surface area contributed by atoms with Gasteiger partial charge in [-0.1, -0.05) is 29.3 Å². The van der Waals surface area contributed by atoms with Crippen molar-refractivity contribution < 1.29 is 4.39 Å². The predicted octanol–water partition coefficient (Wildman–Crippen LogP) is 4.19. The number of halogens is 2. The standard InChI is InChI=1S/C12H15BrFN/c1-8-3-2-4-11(8)15-12-6-5-9(13)7-10(12)14/h5-8,11,15H,2-4H2,1H3. The molecule has 2 rings (SSSR count). The molecule has 1 aliphatic rings. The van der Waals surface area contributed by atoms with Crippen molar-refractivity contribution in [1.29, 1.82) is 0 Å². The SMILES string of the molecule is CC1CCCC1Nc1ccc(Br)cc1F. The summed E-state index contributed by atoms with van der Waals surface area (Å²) in [5.74, 6) is 0.469. The van der Waals surface area contributed by atoms with Crippen LogP contribution in [0.25, 0.3) is 0 Å². The quantitative estimate of drug-likeness (QED) is 0.851. The molecule has 1 aliphatic carbocycles. The third-order valence-electron chi connectivity index (χ3n) is 3.13. The first-order chi connectivity index (χ1) is 7.16. The van der Waals surface area contributed by atoms with Crippen LogP contribution in [-0.4, -0.2) is 6.04 Å². The Morgan fingerprint density at radius 2 is 2.20 bits per heavy atom. The predicted molar refractivity (Wildman–Crippen MR) is 64.5 cm³/mol. The maximum atomic E-state index is 13.5. The summed E-state index contributed by atoms with van der Waals surface area (Å²) in [5.41, 5.74) is 0.622. The zero-order valence-electron chi connectivity index (χ0n) is 8.76. The van der Waals surface area contributed by atoms with E-state index in [0.29, 0.717) is 17.6 Å². The highest BCUT2D eigenvalue weighted by Gasteiger charge is 2.23. The van der Waals surface area contributed by atoms with Crippen LogP contribution in [-0.2, 0) is 0 Å². The van der Waals surface area contributed by atoms with Gasteiger partial charge >= 0.3 is 0 Å². The minimum Gasteiger partial charge on any atom is -0.380 e. The van der Waals surface area contributed by atoms with Crippen LogP contribution in [0.4, 0.5) is 10.1 Å². The van der Waals surface area contributed by atoms with Crippen LogP contribution in [0.5, 0.6) is 0 Å². The first-order valence-electron chi connectivity index (χ1n) is 5.38. The first-order valence-corrected chi connectivity index (χ1v) is 6.17. The molecule has 0 aromatic heterocycles. The monoisotopic (exact) mass is 271 g/mol. The normalized spacial score (nSPS) is 25.5. The highest BCUT2D eigenvalue weighted by molar-refractivity contribution is 9.10. The highest BCUT2D eigenvalue weighted by atomic mass is 79.9. The van der Waals surface area contributed by atoms with Crippen molar-refractivity contribution in [2.24, 2.45) is 5.92 Å². The van der Waals surface area contributed by atoms with E-state index < -0.39 is 0 Å². The Morgan fingerprint density at radius 3 is 2.80 bits per heavy atom. The molecule has 1 aromatic carbocycles. The largest absolute Gasteiger partial charge is 0.380 e. The molecule has 0 aliphatic heterocycles. The summed E-state index contributed by atoms with van der Waals surface area (Å²) in [4.78, 5) is 0. The Balaban J connectivity index is 2.10. The van der Waals surface area contributed by atoms with E-state index in [4.69, 9.17) is 0 Å². The molecule has 3 heteroatoms. The van der Waals surface area contributed by atoms with E-state index in [0.717, 1.165) is 10.9 Å². The Labute approximate surface area is 98.2 Å². The van der Waals surface area contributed by atoms with E-state index in [2.05, 4.69) is 28.2 Å². The lowest BCUT2D eigenvalue weighted by molar-refractivity contribution is 0.549. The molecular formula is C12H15BrFN. The van der Waals surface area contributed by atoms with E-state index in [-0.39, 0.29) is 5.82 Å². The summed E-state index contributed by atoms with van der Waals surface area (Å²) >= 11 is 3.25. The smallest absolute Gasteiger partial charge is 0.147 e. The second-order valence-corrected chi connectivity index (χ2v) is 5.20. The molecule has 0 radical (unpaired) electrons. The van der Waals surface area contributed by atoms with Gasteiger partial charge in [0, 0.05) is 10.5 Å². The zero-order valence-corrected chi connectivity index (χ0v) is 10.3. The lowest BCUT2D eigenvalue weighted by atomic mass is 10.1. The van der Waals surface area contributed by atoms with Gasteiger partial charge in [0.1, 0.15) is 5.82 Å². The second-order valence-electron chi connectivity index (χ2n) is 4.28. The molecular weight excluding hydrogens is 257 g/mol. The number of nitrogens with one attached hydrogen (secondary N) is 1. The van der Waals surface area contributed by atoms with Crippen LogP contribution in [0.15, 0.2) is 22.7 Å². The van der Waals surface area contributed by atoms with Gasteiger partial charge in [-0.3, -0.25) is 0 Å². The third-order valence-corrected chi connectivity index (χ3v) is 3.63. The van der Waals surface area contributed by atoms with Gasteiger partial charge in [-0.15, -0.1) is 0 Å². The van der Waals surface area contributed by atoms with Crippen molar-refractivity contribution in [3.05, 3.63) is 28.5 Å². The van der Waals surface area contributed by atoms with Crippen molar-refractivity contribution in [3.63, 3.8) is 0 Å². The number of benzene rings is 1. The van der Waals surface area contributed by atoms with E-state index in [1.165, 1.54) is 18.9 Å². The van der Waals surface area contributed by atoms with Crippen LogP contribution < -0.4 is 5.32 Å². The molecule has 1 saturated carbocycles. The second kappa shape index (κ2) is 4.52. The molecule has 0 bridgehead atoms. The van der Waals surface area contributed by atoms with Gasteiger partial charge in [0.25, 0.3) is 0 Å². The van der Waals surface area contributed by atoms with E-state index in [1.54, 1.807) is 6.07 Å². The molecule has 0 spiro atoms. The highest BCUT2D eigenvalue weighted by Crippen LogP contribution is 2.29. The van der Waals surface area contributed by atoms with Gasteiger partial charge in [-0.25, -0.2) is 4.39 Å². The lowest BCUT2D eigenvalue weighted by Crippen LogP contribution is -2.22. The summed E-state index contributed by atoms with van der Waals surface area (Å²) in [6.07, 6.45) is 3.64. The molecule has 82 valence electrons. The fourth-order valence-corrected chi connectivity index (χ4v) is 2.50. The topological polar surface area (TPSA) is 12.0 Å². The molecule has 0 heterocycles. The summed E-state index contributed by atoms with van der Waals surface area (Å²) in [6, 6.07) is 5.60. The number of rotatable bonds is 2. The summed E-state index contributed by atoms with van der Waals surface area (Å²) in [7, 11) is 0. The summed E-state index contributed by atoms with van der Waals surface area (Å²) < 4.78 is 14.3. The van der Waals surface area contributed by atoms with Gasteiger partial charge in [-0.2, -0.15) is 0 Å². The van der Waals surface area contributed by atoms with Crippen LogP contribution in [0.1, 0.15) is 26.2 Å². The Morgan fingerprint density at radius 1 is 1.40 bits per heavy atom. The molecule has 2 atom stereocenters. The van der Waals surface area contributed by atoms with Crippen LogP contribution in [0.3, 0.4) is 0 Å². The minimum atomic E-state index is -0.177. The van der Waals surface area contributed by atoms with Gasteiger partial charge in [-0.05, 0) is 37.0 Å². The van der Waals surface area contributed by atoms with E-state index >= 15 is 0 Å².